The highest BCUT2D eigenvalue weighted by Crippen LogP contribution is 2.29. The van der Waals surface area contributed by atoms with Crippen molar-refractivity contribution in [2.45, 2.75) is 26.4 Å². The van der Waals surface area contributed by atoms with Gasteiger partial charge in [0.2, 0.25) is 0 Å². The zero-order chi connectivity index (χ0) is 13.2. The van der Waals surface area contributed by atoms with E-state index in [1.165, 1.54) is 6.07 Å². The minimum atomic E-state index is -0.662. The second kappa shape index (κ2) is 5.29. The molecule has 1 aromatic rings. The minimum Gasteiger partial charge on any atom is -0.444 e. The van der Waals surface area contributed by atoms with Crippen molar-refractivity contribution < 1.29 is 9.53 Å². The molecule has 17 heavy (non-hydrogen) atoms. The molecule has 7 heteroatoms. The maximum absolute atomic E-state index is 11.5. The molecule has 0 radical (unpaired) electrons. The van der Waals surface area contributed by atoms with Crippen LogP contribution in [0, 0.1) is 0 Å². The predicted octanol–water partition coefficient (Wildman–Crippen LogP) is 4.39. The number of carbonyl (C=O) groups is 1. The zero-order valence-electron chi connectivity index (χ0n) is 9.47. The highest BCUT2D eigenvalue weighted by Gasteiger charge is 2.18. The fourth-order valence-electron chi connectivity index (χ4n) is 0.932. The van der Waals surface area contributed by atoms with E-state index in [1.807, 2.05) is 0 Å². The van der Waals surface area contributed by atoms with Crippen molar-refractivity contribution in [3.63, 3.8) is 0 Å². The summed E-state index contributed by atoms with van der Waals surface area (Å²) < 4.78 is 5.04. The van der Waals surface area contributed by atoms with E-state index in [2.05, 4.69) is 10.3 Å². The van der Waals surface area contributed by atoms with Crippen LogP contribution in [0.25, 0.3) is 0 Å². The van der Waals surface area contributed by atoms with Crippen molar-refractivity contribution in [3.8, 4) is 0 Å². The third-order valence-electron chi connectivity index (χ3n) is 1.51. The first-order valence-electron chi connectivity index (χ1n) is 4.70. The van der Waals surface area contributed by atoms with Crippen molar-refractivity contribution in [2.24, 2.45) is 0 Å². The highest BCUT2D eigenvalue weighted by atomic mass is 35.5. The first-order valence-corrected chi connectivity index (χ1v) is 5.84. The van der Waals surface area contributed by atoms with E-state index >= 15 is 0 Å². The summed E-state index contributed by atoms with van der Waals surface area (Å²) in [7, 11) is 0. The smallest absolute Gasteiger partial charge is 0.413 e. The van der Waals surface area contributed by atoms with E-state index in [1.54, 1.807) is 20.8 Å². The Balaban J connectivity index is 2.82. The number of hydrogen-bond donors (Lipinski definition) is 1. The minimum absolute atomic E-state index is 0.0575. The number of nitrogens with zero attached hydrogens (tertiary/aromatic N) is 1. The summed E-state index contributed by atoms with van der Waals surface area (Å²) in [6.07, 6.45) is -0.662. The summed E-state index contributed by atoms with van der Waals surface area (Å²) in [6.45, 7) is 5.24. The highest BCUT2D eigenvalue weighted by molar-refractivity contribution is 6.43. The van der Waals surface area contributed by atoms with Crippen LogP contribution in [-0.2, 0) is 4.74 Å². The Hall–Kier alpha value is -0.710. The van der Waals surface area contributed by atoms with Crippen LogP contribution in [0.15, 0.2) is 6.07 Å². The third kappa shape index (κ3) is 4.58. The molecule has 4 nitrogen and oxygen atoms in total. The predicted molar refractivity (Wildman–Crippen MR) is 69.1 cm³/mol. The first-order chi connectivity index (χ1) is 7.69. The van der Waals surface area contributed by atoms with Crippen LogP contribution >= 0.6 is 34.8 Å². The third-order valence-corrected chi connectivity index (χ3v) is 2.47. The van der Waals surface area contributed by atoms with Gasteiger partial charge in [0.05, 0.1) is 10.0 Å². The molecule has 0 aliphatic rings. The molecule has 1 rings (SSSR count). The van der Waals surface area contributed by atoms with Gasteiger partial charge in [-0.1, -0.05) is 34.8 Å². The van der Waals surface area contributed by atoms with Crippen LogP contribution in [0.4, 0.5) is 10.6 Å². The zero-order valence-corrected chi connectivity index (χ0v) is 11.7. The molecule has 1 aromatic heterocycles. The summed E-state index contributed by atoms with van der Waals surface area (Å²) in [5.41, 5.74) is -0.604. The maximum atomic E-state index is 11.5. The summed E-state index contributed by atoms with van der Waals surface area (Å²) in [4.78, 5) is 15.3. The topological polar surface area (TPSA) is 51.2 Å². The molecule has 1 amide bonds. The SMILES string of the molecule is CC(C)(C)OC(=O)Nc1nc(Cl)c(Cl)cc1Cl. The van der Waals surface area contributed by atoms with Gasteiger partial charge in [-0.3, -0.25) is 5.32 Å². The van der Waals surface area contributed by atoms with Crippen LogP contribution < -0.4 is 5.32 Å². The Morgan fingerprint density at radius 1 is 1.29 bits per heavy atom. The number of pyridine rings is 1. The van der Waals surface area contributed by atoms with E-state index in [0.29, 0.717) is 0 Å². The molecule has 0 aliphatic heterocycles. The van der Waals surface area contributed by atoms with Crippen molar-refractivity contribution in [1.29, 1.82) is 0 Å². The standard InChI is InChI=1S/C10H11Cl3N2O2/c1-10(2,3)17-9(16)15-8-6(12)4-5(11)7(13)14-8/h4H,1-3H3,(H,14,15,16). The lowest BCUT2D eigenvalue weighted by molar-refractivity contribution is 0.0635. The Morgan fingerprint density at radius 3 is 2.41 bits per heavy atom. The first kappa shape index (κ1) is 14.4. The number of aromatic nitrogens is 1. The van der Waals surface area contributed by atoms with Gasteiger partial charge in [-0.25, -0.2) is 9.78 Å². The van der Waals surface area contributed by atoms with Crippen molar-refractivity contribution in [3.05, 3.63) is 21.3 Å². The molecule has 0 bridgehead atoms. The van der Waals surface area contributed by atoms with Crippen LogP contribution in [0.3, 0.4) is 0 Å². The largest absolute Gasteiger partial charge is 0.444 e. The lowest BCUT2D eigenvalue weighted by atomic mass is 10.2. The molecule has 0 aromatic carbocycles. The molecule has 94 valence electrons. The van der Waals surface area contributed by atoms with Gasteiger partial charge in [0, 0.05) is 0 Å². The molecule has 0 unspecified atom stereocenters. The summed E-state index contributed by atoms with van der Waals surface area (Å²) >= 11 is 17.3. The fourth-order valence-corrected chi connectivity index (χ4v) is 1.48. The molecule has 0 spiro atoms. The molecule has 0 fully saturated rings. The quantitative estimate of drug-likeness (QED) is 0.782. The van der Waals surface area contributed by atoms with E-state index in [4.69, 9.17) is 39.5 Å². The van der Waals surface area contributed by atoms with Crippen LogP contribution in [0.2, 0.25) is 15.2 Å². The normalized spacial score (nSPS) is 11.2. The summed E-state index contributed by atoms with van der Waals surface area (Å²) in [5.74, 6) is 0.107. The lowest BCUT2D eigenvalue weighted by Crippen LogP contribution is -2.27. The molecular formula is C10H11Cl3N2O2. The molecule has 0 saturated heterocycles. The number of nitrogens with one attached hydrogen (secondary N) is 1. The number of carbonyl (C=O) groups excluding carboxylic acids is 1. The van der Waals surface area contributed by atoms with Gasteiger partial charge in [-0.2, -0.15) is 0 Å². The maximum Gasteiger partial charge on any atom is 0.413 e. The van der Waals surface area contributed by atoms with Gasteiger partial charge in [0.15, 0.2) is 5.82 Å². The van der Waals surface area contributed by atoms with Gasteiger partial charge < -0.3 is 4.74 Å². The average molecular weight is 298 g/mol. The van der Waals surface area contributed by atoms with Gasteiger partial charge >= 0.3 is 6.09 Å². The molecule has 0 saturated carbocycles. The molecular weight excluding hydrogens is 286 g/mol. The van der Waals surface area contributed by atoms with E-state index < -0.39 is 11.7 Å². The molecule has 1 N–H and O–H groups in total. The van der Waals surface area contributed by atoms with E-state index in [-0.39, 0.29) is 21.0 Å². The van der Waals surface area contributed by atoms with Gasteiger partial charge in [0.1, 0.15) is 10.8 Å². The number of rotatable bonds is 1. The Labute approximate surface area is 114 Å². The number of ether oxygens (including phenoxy) is 1. The van der Waals surface area contributed by atoms with Crippen molar-refractivity contribution in [2.75, 3.05) is 5.32 Å². The average Bonchev–Trinajstić information content (AvgIpc) is 2.11. The van der Waals surface area contributed by atoms with Gasteiger partial charge in [-0.05, 0) is 26.8 Å². The molecule has 0 aliphatic carbocycles. The van der Waals surface area contributed by atoms with Crippen molar-refractivity contribution >= 4 is 46.7 Å². The number of hydrogen-bond acceptors (Lipinski definition) is 3. The van der Waals surface area contributed by atoms with Gasteiger partial charge in [-0.15, -0.1) is 0 Å². The summed E-state index contributed by atoms with van der Waals surface area (Å²) in [5, 5.41) is 2.84. The monoisotopic (exact) mass is 296 g/mol. The van der Waals surface area contributed by atoms with E-state index in [0.717, 1.165) is 0 Å². The molecule has 0 atom stereocenters. The number of anilines is 1. The van der Waals surface area contributed by atoms with E-state index in [9.17, 15) is 4.79 Å². The summed E-state index contributed by atoms with van der Waals surface area (Å²) in [6, 6.07) is 1.39. The number of halogens is 3. The van der Waals surface area contributed by atoms with Crippen LogP contribution in [0.5, 0.6) is 0 Å². The second-order valence-electron chi connectivity index (χ2n) is 4.22. The van der Waals surface area contributed by atoms with Crippen LogP contribution in [0.1, 0.15) is 20.8 Å². The Bertz CT molecular complexity index is 444. The lowest BCUT2D eigenvalue weighted by Gasteiger charge is -2.19. The second-order valence-corrected chi connectivity index (χ2v) is 5.39. The fraction of sp³-hybridized carbons (Fsp3) is 0.400. The Kier molecular flexibility index (Phi) is 4.47. The molecule has 1 heterocycles. The Morgan fingerprint density at radius 2 is 1.88 bits per heavy atom. The van der Waals surface area contributed by atoms with Gasteiger partial charge in [0.25, 0.3) is 0 Å². The van der Waals surface area contributed by atoms with Crippen LogP contribution in [-0.4, -0.2) is 16.7 Å². The number of amides is 1. The van der Waals surface area contributed by atoms with Crippen molar-refractivity contribution in [1.82, 2.24) is 4.98 Å².